The van der Waals surface area contributed by atoms with E-state index in [1.165, 1.54) is 12.1 Å². The smallest absolute Gasteiger partial charge is 0.242 e. The summed E-state index contributed by atoms with van der Waals surface area (Å²) < 4.78 is 44.9. The summed E-state index contributed by atoms with van der Waals surface area (Å²) >= 11 is 0. The Morgan fingerprint density at radius 1 is 0.939 bits per heavy atom. The summed E-state index contributed by atoms with van der Waals surface area (Å²) in [4.78, 5) is 15.2. The number of anilines is 2. The molecule has 10 heteroatoms. The zero-order valence-corrected chi connectivity index (χ0v) is 19.6. The van der Waals surface area contributed by atoms with Crippen LogP contribution in [-0.4, -0.2) is 59.9 Å². The van der Waals surface area contributed by atoms with E-state index in [1.807, 2.05) is 24.3 Å². The number of morpholine rings is 1. The number of benzene rings is 2. The van der Waals surface area contributed by atoms with Crippen molar-refractivity contribution in [2.75, 3.05) is 49.7 Å². The number of nitrogens with zero attached hydrogens (tertiary/aromatic N) is 1. The molecule has 2 heterocycles. The van der Waals surface area contributed by atoms with E-state index in [0.29, 0.717) is 43.6 Å². The Labute approximate surface area is 194 Å². The van der Waals surface area contributed by atoms with Gasteiger partial charge in [0.1, 0.15) is 19.3 Å². The van der Waals surface area contributed by atoms with Gasteiger partial charge in [-0.2, -0.15) is 4.72 Å². The molecule has 1 fully saturated rings. The Balaban J connectivity index is 1.45. The van der Waals surface area contributed by atoms with Crippen molar-refractivity contribution in [3.8, 4) is 11.5 Å². The van der Waals surface area contributed by atoms with Crippen LogP contribution in [0.3, 0.4) is 0 Å². The molecule has 4 rings (SSSR count). The number of nitrogens with one attached hydrogen (secondary N) is 2. The lowest BCUT2D eigenvalue weighted by Crippen LogP contribution is -2.47. The number of hydrogen-bond donors (Lipinski definition) is 2. The van der Waals surface area contributed by atoms with Crippen molar-refractivity contribution in [3.63, 3.8) is 0 Å². The second-order valence-corrected chi connectivity index (χ2v) is 10.00. The number of carbonyl (C=O) groups excluding carboxylic acids is 1. The second-order valence-electron chi connectivity index (χ2n) is 8.28. The quantitative estimate of drug-likeness (QED) is 0.633. The molecular formula is C23H29N3O6S. The number of carbonyl (C=O) groups is 1. The van der Waals surface area contributed by atoms with Gasteiger partial charge in [0.25, 0.3) is 0 Å². The van der Waals surface area contributed by atoms with E-state index in [2.05, 4.69) is 14.9 Å². The molecule has 1 saturated heterocycles. The van der Waals surface area contributed by atoms with E-state index in [-0.39, 0.29) is 10.8 Å². The molecule has 2 aromatic carbocycles. The molecule has 0 unspecified atom stereocenters. The monoisotopic (exact) mass is 475 g/mol. The highest BCUT2D eigenvalue weighted by atomic mass is 32.2. The largest absolute Gasteiger partial charge is 0.486 e. The first-order valence-corrected chi connectivity index (χ1v) is 12.5. The summed E-state index contributed by atoms with van der Waals surface area (Å²) in [7, 11) is -3.96. The van der Waals surface area contributed by atoms with Crippen LogP contribution >= 0.6 is 0 Å². The molecule has 0 aromatic heterocycles. The molecule has 0 saturated carbocycles. The molecule has 2 aliphatic heterocycles. The van der Waals surface area contributed by atoms with Crippen molar-refractivity contribution in [1.82, 2.24) is 4.72 Å². The first-order chi connectivity index (χ1) is 15.8. The Bertz CT molecular complexity index is 1080. The standard InChI is InChI=1S/C23H29N3O6S/c1-16(2)22(25-33(28,29)19-7-8-20-21(15-19)32-14-13-31-20)23(27)24-17-3-5-18(6-4-17)26-9-11-30-12-10-26/h3-8,15-16,22,25H,9-14H2,1-2H3,(H,24,27)/t22-/m1/s1. The van der Waals surface area contributed by atoms with Crippen LogP contribution in [0, 0.1) is 5.92 Å². The molecule has 33 heavy (non-hydrogen) atoms. The zero-order chi connectivity index (χ0) is 23.4. The highest BCUT2D eigenvalue weighted by molar-refractivity contribution is 7.89. The summed E-state index contributed by atoms with van der Waals surface area (Å²) in [5.41, 5.74) is 1.65. The molecule has 1 amide bonds. The molecule has 0 spiro atoms. The minimum Gasteiger partial charge on any atom is -0.486 e. The Kier molecular flexibility index (Phi) is 7.06. The SMILES string of the molecule is CC(C)[C@@H](NS(=O)(=O)c1ccc2c(c1)OCCO2)C(=O)Nc1ccc(N2CCOCC2)cc1. The van der Waals surface area contributed by atoms with Gasteiger partial charge < -0.3 is 24.4 Å². The third kappa shape index (κ3) is 5.58. The van der Waals surface area contributed by atoms with Gasteiger partial charge in [0.2, 0.25) is 15.9 Å². The minimum atomic E-state index is -3.96. The van der Waals surface area contributed by atoms with Gasteiger partial charge in [-0.3, -0.25) is 4.79 Å². The van der Waals surface area contributed by atoms with Crippen molar-refractivity contribution in [3.05, 3.63) is 42.5 Å². The number of rotatable bonds is 7. The van der Waals surface area contributed by atoms with Crippen LogP contribution in [0.15, 0.2) is 47.4 Å². The van der Waals surface area contributed by atoms with Crippen LogP contribution in [-0.2, 0) is 19.6 Å². The maximum Gasteiger partial charge on any atom is 0.242 e. The number of hydrogen-bond acceptors (Lipinski definition) is 7. The molecule has 2 aliphatic rings. The van der Waals surface area contributed by atoms with Crippen LogP contribution < -0.4 is 24.4 Å². The van der Waals surface area contributed by atoms with Gasteiger partial charge in [-0.05, 0) is 42.3 Å². The highest BCUT2D eigenvalue weighted by Gasteiger charge is 2.29. The fourth-order valence-electron chi connectivity index (χ4n) is 3.72. The van der Waals surface area contributed by atoms with Gasteiger partial charge in [0.05, 0.1) is 18.1 Å². The lowest BCUT2D eigenvalue weighted by atomic mass is 10.0. The Morgan fingerprint density at radius 2 is 1.61 bits per heavy atom. The van der Waals surface area contributed by atoms with Crippen molar-refractivity contribution >= 4 is 27.3 Å². The average molecular weight is 476 g/mol. The Morgan fingerprint density at radius 3 is 2.27 bits per heavy atom. The van der Waals surface area contributed by atoms with Gasteiger partial charge >= 0.3 is 0 Å². The summed E-state index contributed by atoms with van der Waals surface area (Å²) in [5, 5.41) is 2.82. The first-order valence-electron chi connectivity index (χ1n) is 11.0. The van der Waals surface area contributed by atoms with Crippen molar-refractivity contribution in [2.24, 2.45) is 5.92 Å². The summed E-state index contributed by atoms with van der Waals surface area (Å²) in [6, 6.07) is 11.0. The minimum absolute atomic E-state index is 0.0139. The fourth-order valence-corrected chi connectivity index (χ4v) is 5.07. The molecular weight excluding hydrogens is 446 g/mol. The van der Waals surface area contributed by atoms with E-state index in [1.54, 1.807) is 19.9 Å². The number of amides is 1. The zero-order valence-electron chi connectivity index (χ0n) is 18.7. The first kappa shape index (κ1) is 23.3. The van der Waals surface area contributed by atoms with Crippen molar-refractivity contribution < 1.29 is 27.4 Å². The van der Waals surface area contributed by atoms with Crippen molar-refractivity contribution in [2.45, 2.75) is 24.8 Å². The van der Waals surface area contributed by atoms with Crippen LogP contribution in [0.1, 0.15) is 13.8 Å². The van der Waals surface area contributed by atoms with Gasteiger partial charge in [-0.15, -0.1) is 0 Å². The van der Waals surface area contributed by atoms with E-state index in [0.717, 1.165) is 18.8 Å². The van der Waals surface area contributed by atoms with E-state index in [9.17, 15) is 13.2 Å². The highest BCUT2D eigenvalue weighted by Crippen LogP contribution is 2.32. The third-order valence-electron chi connectivity index (χ3n) is 5.57. The topological polar surface area (TPSA) is 106 Å². The van der Waals surface area contributed by atoms with Crippen LogP contribution in [0.4, 0.5) is 11.4 Å². The summed E-state index contributed by atoms with van der Waals surface area (Å²) in [6.07, 6.45) is 0. The maximum absolute atomic E-state index is 13.0. The molecule has 0 aliphatic carbocycles. The van der Waals surface area contributed by atoms with E-state index < -0.39 is 22.0 Å². The third-order valence-corrected chi connectivity index (χ3v) is 7.01. The van der Waals surface area contributed by atoms with E-state index >= 15 is 0 Å². The molecule has 1 atom stereocenters. The molecule has 0 radical (unpaired) electrons. The normalized spacial score (nSPS) is 17.0. The molecule has 2 aromatic rings. The summed E-state index contributed by atoms with van der Waals surface area (Å²) in [5.74, 6) is 0.170. The van der Waals surface area contributed by atoms with Gasteiger partial charge in [-0.25, -0.2) is 8.42 Å². The fraction of sp³-hybridized carbons (Fsp3) is 0.435. The van der Waals surface area contributed by atoms with Crippen LogP contribution in [0.25, 0.3) is 0 Å². The van der Waals surface area contributed by atoms with Crippen LogP contribution in [0.2, 0.25) is 0 Å². The molecule has 2 N–H and O–H groups in total. The molecule has 0 bridgehead atoms. The lowest BCUT2D eigenvalue weighted by molar-refractivity contribution is -0.118. The van der Waals surface area contributed by atoms with Crippen molar-refractivity contribution in [1.29, 1.82) is 0 Å². The van der Waals surface area contributed by atoms with Gasteiger partial charge in [0.15, 0.2) is 11.5 Å². The summed E-state index contributed by atoms with van der Waals surface area (Å²) in [6.45, 7) is 7.38. The predicted octanol–water partition coefficient (Wildman–Crippen LogP) is 2.24. The van der Waals surface area contributed by atoms with Crippen LogP contribution in [0.5, 0.6) is 11.5 Å². The Hall–Kier alpha value is -2.82. The number of fused-ring (bicyclic) bond motifs is 1. The second kappa shape index (κ2) is 9.98. The molecule has 9 nitrogen and oxygen atoms in total. The lowest BCUT2D eigenvalue weighted by Gasteiger charge is -2.29. The number of sulfonamides is 1. The van der Waals surface area contributed by atoms with E-state index in [4.69, 9.17) is 14.2 Å². The molecule has 178 valence electrons. The van der Waals surface area contributed by atoms with Gasteiger partial charge in [-0.1, -0.05) is 13.8 Å². The predicted molar refractivity (Wildman–Crippen MR) is 124 cm³/mol. The average Bonchev–Trinajstić information content (AvgIpc) is 2.83. The van der Waals surface area contributed by atoms with Gasteiger partial charge in [0, 0.05) is 30.5 Å². The number of ether oxygens (including phenoxy) is 3. The maximum atomic E-state index is 13.0.